The number of fused-ring (bicyclic) bond motifs is 2. The van der Waals surface area contributed by atoms with Crippen LogP contribution in [-0.4, -0.2) is 11.9 Å². The minimum Gasteiger partial charge on any atom is -0.449 e. The Hall–Kier alpha value is -2.62. The smallest absolute Gasteiger partial charge is 0.339 e. The van der Waals surface area contributed by atoms with Gasteiger partial charge < -0.3 is 9.47 Å². The lowest BCUT2D eigenvalue weighted by molar-refractivity contribution is -0.0232. The number of ether oxygens (including phenoxy) is 2. The average Bonchev–Trinajstić information content (AvgIpc) is 2.99. The molecule has 0 aliphatic carbocycles. The third-order valence-electron chi connectivity index (χ3n) is 3.72. The first-order chi connectivity index (χ1) is 9.75. The van der Waals surface area contributed by atoms with Crippen LogP contribution in [0.1, 0.15) is 44.1 Å². The summed E-state index contributed by atoms with van der Waals surface area (Å²) in [4.78, 5) is 23.7. The van der Waals surface area contributed by atoms with Gasteiger partial charge in [-0.15, -0.1) is 0 Å². The maximum atomic E-state index is 11.9. The monoisotopic (exact) mass is 266 g/mol. The lowest BCUT2D eigenvalue weighted by atomic mass is 9.96. The molecule has 2 atom stereocenters. The number of esters is 2. The van der Waals surface area contributed by atoms with Crippen LogP contribution in [-0.2, 0) is 9.47 Å². The third kappa shape index (κ3) is 1.42. The standard InChI is InChI=1S/C16H10O4/c17-15-11-7-3-1-5-9(11)13(19-15)14-10-6-2-4-8-12(10)16(18)20-14/h1-8,13-14H/t13-,14-/m1/s1. The van der Waals surface area contributed by atoms with Gasteiger partial charge in [0.05, 0.1) is 11.1 Å². The molecule has 2 heterocycles. The molecule has 20 heavy (non-hydrogen) atoms. The average molecular weight is 266 g/mol. The molecule has 0 radical (unpaired) electrons. The van der Waals surface area contributed by atoms with Crippen molar-refractivity contribution >= 4 is 11.9 Å². The minimum atomic E-state index is -0.564. The summed E-state index contributed by atoms with van der Waals surface area (Å²) < 4.78 is 10.8. The van der Waals surface area contributed by atoms with Gasteiger partial charge in [0.2, 0.25) is 0 Å². The number of benzene rings is 2. The number of carbonyl (C=O) groups excluding carboxylic acids is 2. The van der Waals surface area contributed by atoms with Gasteiger partial charge in [0.15, 0.2) is 12.2 Å². The van der Waals surface area contributed by atoms with Gasteiger partial charge in [-0.05, 0) is 12.1 Å². The van der Waals surface area contributed by atoms with Gasteiger partial charge in [0, 0.05) is 11.1 Å². The molecule has 4 rings (SSSR count). The summed E-state index contributed by atoms with van der Waals surface area (Å²) >= 11 is 0. The molecule has 4 heteroatoms. The van der Waals surface area contributed by atoms with E-state index in [9.17, 15) is 9.59 Å². The van der Waals surface area contributed by atoms with Crippen LogP contribution < -0.4 is 0 Å². The molecular formula is C16H10O4. The lowest BCUT2D eigenvalue weighted by Gasteiger charge is -2.18. The van der Waals surface area contributed by atoms with Crippen molar-refractivity contribution in [1.29, 1.82) is 0 Å². The van der Waals surface area contributed by atoms with Crippen molar-refractivity contribution in [3.8, 4) is 0 Å². The first kappa shape index (κ1) is 11.2. The molecule has 2 aromatic carbocycles. The molecule has 2 aliphatic heterocycles. The SMILES string of the molecule is O=C1O[C@@H]([C@@H]2OC(=O)c3ccccc32)c2ccccc21. The highest BCUT2D eigenvalue weighted by Gasteiger charge is 2.44. The van der Waals surface area contributed by atoms with E-state index in [1.165, 1.54) is 0 Å². The van der Waals surface area contributed by atoms with Gasteiger partial charge >= 0.3 is 11.9 Å². The Balaban J connectivity index is 1.82. The molecule has 0 fully saturated rings. The van der Waals surface area contributed by atoms with Crippen LogP contribution in [0.5, 0.6) is 0 Å². The zero-order valence-electron chi connectivity index (χ0n) is 10.4. The molecular weight excluding hydrogens is 256 g/mol. The van der Waals surface area contributed by atoms with E-state index < -0.39 is 12.2 Å². The summed E-state index contributed by atoms with van der Waals surface area (Å²) in [5.41, 5.74) is 2.62. The second-order valence-electron chi connectivity index (χ2n) is 4.83. The van der Waals surface area contributed by atoms with Crippen molar-refractivity contribution in [3.63, 3.8) is 0 Å². The van der Waals surface area contributed by atoms with E-state index in [2.05, 4.69) is 0 Å². The first-order valence-corrected chi connectivity index (χ1v) is 6.35. The van der Waals surface area contributed by atoms with Crippen molar-refractivity contribution in [2.24, 2.45) is 0 Å². The first-order valence-electron chi connectivity index (χ1n) is 6.35. The second kappa shape index (κ2) is 3.93. The number of carbonyl (C=O) groups is 2. The summed E-state index contributed by atoms with van der Waals surface area (Å²) in [6, 6.07) is 14.4. The molecule has 2 aliphatic rings. The number of hydrogen-bond donors (Lipinski definition) is 0. The predicted octanol–water partition coefficient (Wildman–Crippen LogP) is 2.81. The maximum absolute atomic E-state index is 11.9. The van der Waals surface area contributed by atoms with Crippen molar-refractivity contribution in [3.05, 3.63) is 70.8 Å². The topological polar surface area (TPSA) is 52.6 Å². The summed E-state index contributed by atoms with van der Waals surface area (Å²) in [6.45, 7) is 0. The van der Waals surface area contributed by atoms with E-state index in [1.54, 1.807) is 24.3 Å². The Labute approximate surface area is 114 Å². The second-order valence-corrected chi connectivity index (χ2v) is 4.83. The van der Waals surface area contributed by atoms with E-state index in [1.807, 2.05) is 24.3 Å². The fourth-order valence-electron chi connectivity index (χ4n) is 2.80. The van der Waals surface area contributed by atoms with Gasteiger partial charge in [-0.2, -0.15) is 0 Å². The molecule has 0 N–H and O–H groups in total. The molecule has 0 spiro atoms. The molecule has 0 saturated heterocycles. The fourth-order valence-corrected chi connectivity index (χ4v) is 2.80. The Morgan fingerprint density at radius 1 is 0.650 bits per heavy atom. The van der Waals surface area contributed by atoms with Crippen LogP contribution in [0.3, 0.4) is 0 Å². The van der Waals surface area contributed by atoms with Crippen molar-refractivity contribution in [2.45, 2.75) is 12.2 Å². The van der Waals surface area contributed by atoms with Gasteiger partial charge in [-0.3, -0.25) is 0 Å². The lowest BCUT2D eigenvalue weighted by Crippen LogP contribution is -2.11. The molecule has 0 unspecified atom stereocenters. The number of hydrogen-bond acceptors (Lipinski definition) is 4. The number of rotatable bonds is 1. The zero-order valence-corrected chi connectivity index (χ0v) is 10.4. The van der Waals surface area contributed by atoms with E-state index in [0.29, 0.717) is 11.1 Å². The summed E-state index contributed by atoms with van der Waals surface area (Å²) in [5.74, 6) is -0.739. The Bertz CT molecular complexity index is 671. The van der Waals surface area contributed by atoms with Gasteiger partial charge in [-0.25, -0.2) is 9.59 Å². The van der Waals surface area contributed by atoms with Crippen LogP contribution in [0.4, 0.5) is 0 Å². The Morgan fingerprint density at radius 2 is 1.05 bits per heavy atom. The summed E-state index contributed by atoms with van der Waals surface area (Å²) in [5, 5.41) is 0. The Morgan fingerprint density at radius 3 is 1.50 bits per heavy atom. The highest BCUT2D eigenvalue weighted by Crippen LogP contribution is 2.45. The van der Waals surface area contributed by atoms with Crippen LogP contribution >= 0.6 is 0 Å². The van der Waals surface area contributed by atoms with E-state index >= 15 is 0 Å². The van der Waals surface area contributed by atoms with Crippen LogP contribution in [0, 0.1) is 0 Å². The molecule has 98 valence electrons. The van der Waals surface area contributed by atoms with Crippen molar-refractivity contribution in [2.75, 3.05) is 0 Å². The van der Waals surface area contributed by atoms with Crippen LogP contribution in [0.25, 0.3) is 0 Å². The minimum absolute atomic E-state index is 0.369. The van der Waals surface area contributed by atoms with Gasteiger partial charge in [-0.1, -0.05) is 36.4 Å². The molecule has 0 bridgehead atoms. The quantitative estimate of drug-likeness (QED) is 0.745. The van der Waals surface area contributed by atoms with Crippen LogP contribution in [0.15, 0.2) is 48.5 Å². The van der Waals surface area contributed by atoms with Crippen molar-refractivity contribution < 1.29 is 19.1 Å². The van der Waals surface area contributed by atoms with Crippen molar-refractivity contribution in [1.82, 2.24) is 0 Å². The molecule has 4 nitrogen and oxygen atoms in total. The fraction of sp³-hybridized carbons (Fsp3) is 0.125. The maximum Gasteiger partial charge on any atom is 0.339 e. The van der Waals surface area contributed by atoms with Gasteiger partial charge in [0.25, 0.3) is 0 Å². The highest BCUT2D eigenvalue weighted by molar-refractivity contribution is 5.96. The molecule has 0 aromatic heterocycles. The zero-order chi connectivity index (χ0) is 13.7. The molecule has 2 aromatic rings. The third-order valence-corrected chi connectivity index (χ3v) is 3.72. The summed E-state index contributed by atoms with van der Waals surface area (Å²) in [7, 11) is 0. The largest absolute Gasteiger partial charge is 0.449 e. The summed E-state index contributed by atoms with van der Waals surface area (Å²) in [6.07, 6.45) is -1.13. The molecule has 0 saturated carbocycles. The van der Waals surface area contributed by atoms with Crippen LogP contribution in [0.2, 0.25) is 0 Å². The van der Waals surface area contributed by atoms with E-state index in [0.717, 1.165) is 11.1 Å². The Kier molecular flexibility index (Phi) is 2.21. The van der Waals surface area contributed by atoms with E-state index in [-0.39, 0.29) is 11.9 Å². The predicted molar refractivity (Wildman–Crippen MR) is 69.2 cm³/mol. The van der Waals surface area contributed by atoms with E-state index in [4.69, 9.17) is 9.47 Å². The molecule has 0 amide bonds. The number of cyclic esters (lactones) is 2. The normalized spacial score (nSPS) is 23.0. The highest BCUT2D eigenvalue weighted by atomic mass is 16.6. The van der Waals surface area contributed by atoms with Gasteiger partial charge in [0.1, 0.15) is 0 Å².